The van der Waals surface area contributed by atoms with Crippen LogP contribution >= 0.6 is 0 Å². The highest BCUT2D eigenvalue weighted by atomic mass is 16.5. The van der Waals surface area contributed by atoms with Gasteiger partial charge in [0, 0.05) is 36.3 Å². The number of nitrogens with zero attached hydrogens (tertiary/aromatic N) is 4. The largest absolute Gasteiger partial charge is 0.497 e. The number of likely N-dealkylation sites (N-methyl/N-ethyl adjacent to an activating group) is 1. The zero-order chi connectivity index (χ0) is 19.2. The van der Waals surface area contributed by atoms with Crippen LogP contribution in [0.4, 0.5) is 5.82 Å². The predicted octanol–water partition coefficient (Wildman–Crippen LogP) is 3.57. The second-order valence-electron chi connectivity index (χ2n) is 6.59. The van der Waals surface area contributed by atoms with Crippen molar-refractivity contribution in [1.29, 1.82) is 0 Å². The first-order chi connectivity index (χ1) is 13.1. The fourth-order valence-electron chi connectivity index (χ4n) is 2.94. The minimum atomic E-state index is 0.180. The van der Waals surface area contributed by atoms with Crippen LogP contribution in [0.25, 0.3) is 11.4 Å². The van der Waals surface area contributed by atoms with E-state index in [-0.39, 0.29) is 6.04 Å². The van der Waals surface area contributed by atoms with E-state index in [0.717, 1.165) is 22.8 Å². The van der Waals surface area contributed by atoms with Gasteiger partial charge in [-0.1, -0.05) is 12.1 Å². The zero-order valence-electron chi connectivity index (χ0n) is 16.2. The van der Waals surface area contributed by atoms with Crippen molar-refractivity contribution in [3.8, 4) is 17.1 Å². The normalized spacial score (nSPS) is 12.0. The Morgan fingerprint density at radius 1 is 1.07 bits per heavy atom. The molecule has 2 heterocycles. The Hall–Kier alpha value is -2.99. The Bertz CT molecular complexity index is 883. The summed E-state index contributed by atoms with van der Waals surface area (Å²) in [6.45, 7) is 2.69. The van der Waals surface area contributed by atoms with Crippen molar-refractivity contribution < 1.29 is 4.74 Å². The number of aromatic nitrogens is 3. The third-order valence-corrected chi connectivity index (χ3v) is 4.37. The maximum Gasteiger partial charge on any atom is 0.161 e. The summed E-state index contributed by atoms with van der Waals surface area (Å²) in [4.78, 5) is 15.4. The van der Waals surface area contributed by atoms with Gasteiger partial charge in [-0.25, -0.2) is 9.97 Å². The average Bonchev–Trinajstić information content (AvgIpc) is 2.68. The molecule has 0 radical (unpaired) electrons. The molecule has 0 aliphatic rings. The highest BCUT2D eigenvalue weighted by Gasteiger charge is 2.15. The van der Waals surface area contributed by atoms with E-state index in [4.69, 9.17) is 4.74 Å². The molecule has 0 aliphatic heterocycles. The van der Waals surface area contributed by atoms with E-state index in [2.05, 4.69) is 51.4 Å². The quantitative estimate of drug-likeness (QED) is 0.692. The molecule has 6 heteroatoms. The molecule has 0 aliphatic carbocycles. The maximum absolute atomic E-state index is 5.36. The van der Waals surface area contributed by atoms with E-state index in [0.29, 0.717) is 12.4 Å². The van der Waals surface area contributed by atoms with Crippen LogP contribution in [-0.4, -0.2) is 47.6 Å². The average molecular weight is 363 g/mol. The molecular weight excluding hydrogens is 338 g/mol. The number of rotatable bonds is 7. The Balaban J connectivity index is 1.80. The van der Waals surface area contributed by atoms with Crippen molar-refractivity contribution >= 4 is 5.82 Å². The van der Waals surface area contributed by atoms with Crippen molar-refractivity contribution in [2.45, 2.75) is 13.0 Å². The molecule has 1 aromatic carbocycles. The van der Waals surface area contributed by atoms with Gasteiger partial charge in [0.05, 0.1) is 13.2 Å². The van der Waals surface area contributed by atoms with Crippen LogP contribution in [0.15, 0.2) is 54.9 Å². The number of benzene rings is 1. The SMILES string of the molecule is COc1cccc([C@@H](CNc2cc(C)nc(-c3ccncc3)n2)N(C)C)c1. The number of aryl methyl sites for hydroxylation is 1. The van der Waals surface area contributed by atoms with E-state index < -0.39 is 0 Å². The van der Waals surface area contributed by atoms with Crippen molar-refractivity contribution in [2.75, 3.05) is 33.1 Å². The smallest absolute Gasteiger partial charge is 0.161 e. The van der Waals surface area contributed by atoms with E-state index in [1.54, 1.807) is 19.5 Å². The summed E-state index contributed by atoms with van der Waals surface area (Å²) in [5.41, 5.74) is 3.06. The molecule has 0 amide bonds. The fourth-order valence-corrected chi connectivity index (χ4v) is 2.94. The first-order valence-corrected chi connectivity index (χ1v) is 8.87. The first-order valence-electron chi connectivity index (χ1n) is 8.87. The van der Waals surface area contributed by atoms with Gasteiger partial charge < -0.3 is 15.0 Å². The minimum absolute atomic E-state index is 0.180. The summed E-state index contributed by atoms with van der Waals surface area (Å²) in [6, 6.07) is 14.1. The van der Waals surface area contributed by atoms with Crippen molar-refractivity contribution in [1.82, 2.24) is 19.9 Å². The topological polar surface area (TPSA) is 63.2 Å². The Morgan fingerprint density at radius 2 is 1.85 bits per heavy atom. The van der Waals surface area contributed by atoms with Crippen LogP contribution in [0.3, 0.4) is 0 Å². The molecule has 0 bridgehead atoms. The summed E-state index contributed by atoms with van der Waals surface area (Å²) in [7, 11) is 5.82. The Morgan fingerprint density at radius 3 is 2.56 bits per heavy atom. The van der Waals surface area contributed by atoms with Gasteiger partial charge in [0.25, 0.3) is 0 Å². The third-order valence-electron chi connectivity index (χ3n) is 4.37. The van der Waals surface area contributed by atoms with E-state index in [1.165, 1.54) is 5.56 Å². The van der Waals surface area contributed by atoms with Gasteiger partial charge in [0.15, 0.2) is 5.82 Å². The molecule has 0 spiro atoms. The molecule has 0 saturated heterocycles. The fraction of sp³-hybridized carbons (Fsp3) is 0.286. The highest BCUT2D eigenvalue weighted by Crippen LogP contribution is 2.24. The summed E-state index contributed by atoms with van der Waals surface area (Å²) in [5, 5.41) is 3.46. The van der Waals surface area contributed by atoms with Gasteiger partial charge >= 0.3 is 0 Å². The predicted molar refractivity (Wildman–Crippen MR) is 108 cm³/mol. The van der Waals surface area contributed by atoms with Crippen LogP contribution in [0.1, 0.15) is 17.3 Å². The third kappa shape index (κ3) is 4.80. The Labute approximate surface area is 160 Å². The molecule has 3 rings (SSSR count). The van der Waals surface area contributed by atoms with Crippen molar-refractivity contribution in [2.24, 2.45) is 0 Å². The zero-order valence-corrected chi connectivity index (χ0v) is 16.2. The number of anilines is 1. The molecule has 1 N–H and O–H groups in total. The molecule has 1 atom stereocenters. The highest BCUT2D eigenvalue weighted by molar-refractivity contribution is 5.56. The second kappa shape index (κ2) is 8.60. The lowest BCUT2D eigenvalue weighted by Crippen LogP contribution is -2.27. The molecular formula is C21H25N5O. The lowest BCUT2D eigenvalue weighted by atomic mass is 10.1. The Kier molecular flexibility index (Phi) is 5.98. The standard InChI is InChI=1S/C21H25N5O/c1-15-12-20(25-21(24-15)16-8-10-22-11-9-16)23-14-19(26(2)3)17-6-5-7-18(13-17)27-4/h5-13,19H,14H2,1-4H3,(H,23,24,25)/t19-/m1/s1. The number of pyridine rings is 1. The summed E-state index contributed by atoms with van der Waals surface area (Å²) in [5.74, 6) is 2.36. The lowest BCUT2D eigenvalue weighted by molar-refractivity contribution is 0.310. The minimum Gasteiger partial charge on any atom is -0.497 e. The van der Waals surface area contributed by atoms with Crippen LogP contribution < -0.4 is 10.1 Å². The maximum atomic E-state index is 5.36. The molecule has 0 unspecified atom stereocenters. The number of nitrogens with one attached hydrogen (secondary N) is 1. The first kappa shape index (κ1) is 18.8. The number of hydrogen-bond acceptors (Lipinski definition) is 6. The van der Waals surface area contributed by atoms with E-state index in [1.807, 2.05) is 37.3 Å². The summed E-state index contributed by atoms with van der Waals surface area (Å²) < 4.78 is 5.36. The van der Waals surface area contributed by atoms with Crippen LogP contribution in [-0.2, 0) is 0 Å². The molecule has 2 aromatic heterocycles. The van der Waals surface area contributed by atoms with Gasteiger partial charge in [-0.15, -0.1) is 0 Å². The van der Waals surface area contributed by atoms with E-state index in [9.17, 15) is 0 Å². The second-order valence-corrected chi connectivity index (χ2v) is 6.59. The van der Waals surface area contributed by atoms with Crippen LogP contribution in [0.5, 0.6) is 5.75 Å². The number of ether oxygens (including phenoxy) is 1. The summed E-state index contributed by atoms with van der Waals surface area (Å²) in [6.07, 6.45) is 3.50. The van der Waals surface area contributed by atoms with Crippen molar-refractivity contribution in [3.05, 3.63) is 66.1 Å². The van der Waals surface area contributed by atoms with Gasteiger partial charge in [-0.3, -0.25) is 4.98 Å². The lowest BCUT2D eigenvalue weighted by Gasteiger charge is -2.25. The monoisotopic (exact) mass is 363 g/mol. The van der Waals surface area contributed by atoms with E-state index >= 15 is 0 Å². The van der Waals surface area contributed by atoms with Gasteiger partial charge in [0.1, 0.15) is 11.6 Å². The van der Waals surface area contributed by atoms with Gasteiger partial charge in [-0.2, -0.15) is 0 Å². The molecule has 27 heavy (non-hydrogen) atoms. The van der Waals surface area contributed by atoms with Gasteiger partial charge in [0.2, 0.25) is 0 Å². The molecule has 6 nitrogen and oxygen atoms in total. The van der Waals surface area contributed by atoms with Crippen molar-refractivity contribution in [3.63, 3.8) is 0 Å². The van der Waals surface area contributed by atoms with Crippen LogP contribution in [0.2, 0.25) is 0 Å². The van der Waals surface area contributed by atoms with Gasteiger partial charge in [-0.05, 0) is 50.8 Å². The van der Waals surface area contributed by atoms with Crippen LogP contribution in [0, 0.1) is 6.92 Å². The molecule has 0 fully saturated rings. The molecule has 3 aromatic rings. The molecule has 140 valence electrons. The summed E-state index contributed by atoms with van der Waals surface area (Å²) >= 11 is 0. The number of hydrogen-bond donors (Lipinski definition) is 1. The molecule has 0 saturated carbocycles. The number of methoxy groups -OCH3 is 1.